The Bertz CT molecular complexity index is 512. The van der Waals surface area contributed by atoms with Gasteiger partial charge in [0.05, 0.1) is 16.4 Å². The van der Waals surface area contributed by atoms with Gasteiger partial charge in [-0.1, -0.05) is 11.8 Å². The third-order valence-corrected chi connectivity index (χ3v) is 3.94. The predicted molar refractivity (Wildman–Crippen MR) is 83.2 cm³/mol. The fourth-order valence-electron chi connectivity index (χ4n) is 1.55. The molecule has 1 N–H and O–H groups in total. The van der Waals surface area contributed by atoms with Gasteiger partial charge in [0, 0.05) is 26.6 Å². The maximum absolute atomic E-state index is 12.3. The third-order valence-electron chi connectivity index (χ3n) is 2.80. The van der Waals surface area contributed by atoms with Crippen LogP contribution in [0.5, 0.6) is 0 Å². The second kappa shape index (κ2) is 8.05. The van der Waals surface area contributed by atoms with E-state index < -0.39 is 0 Å². The number of rotatable bonds is 5. The first kappa shape index (κ1) is 16.7. The third kappa shape index (κ3) is 4.97. The van der Waals surface area contributed by atoms with E-state index in [9.17, 15) is 4.79 Å². The van der Waals surface area contributed by atoms with Crippen LogP contribution in [0.1, 0.15) is 26.5 Å². The minimum absolute atomic E-state index is 0.0372. The average molecular weight is 294 g/mol. The molecule has 0 bridgehead atoms. The number of nitrogens with zero attached hydrogens (tertiary/aromatic N) is 2. The van der Waals surface area contributed by atoms with Crippen LogP contribution in [0.4, 0.5) is 0 Å². The van der Waals surface area contributed by atoms with Crippen molar-refractivity contribution in [1.82, 2.24) is 9.80 Å². The van der Waals surface area contributed by atoms with Crippen LogP contribution in [0.3, 0.4) is 0 Å². The summed E-state index contributed by atoms with van der Waals surface area (Å²) in [4.78, 5) is 17.7. The quantitative estimate of drug-likeness (QED) is 0.835. The van der Waals surface area contributed by atoms with Crippen molar-refractivity contribution in [2.75, 3.05) is 40.8 Å². The number of aliphatic hydroxyl groups excluding tert-OH is 1. The first-order valence-corrected chi connectivity index (χ1v) is 7.37. The Hall–Kier alpha value is -1.35. The SMILES string of the molecule is Cc1cc(C(=O)N(C)CCN(C)C)sc1C#CCCO. The van der Waals surface area contributed by atoms with Crippen LogP contribution >= 0.6 is 11.3 Å². The van der Waals surface area contributed by atoms with Crippen LogP contribution in [0, 0.1) is 18.8 Å². The number of carbonyl (C=O) groups is 1. The molecule has 0 radical (unpaired) electrons. The smallest absolute Gasteiger partial charge is 0.263 e. The highest BCUT2D eigenvalue weighted by molar-refractivity contribution is 7.14. The molecule has 20 heavy (non-hydrogen) atoms. The monoisotopic (exact) mass is 294 g/mol. The van der Waals surface area contributed by atoms with E-state index in [4.69, 9.17) is 5.11 Å². The first-order chi connectivity index (χ1) is 9.45. The van der Waals surface area contributed by atoms with Crippen molar-refractivity contribution in [2.45, 2.75) is 13.3 Å². The number of likely N-dealkylation sites (N-methyl/N-ethyl adjacent to an activating group) is 2. The van der Waals surface area contributed by atoms with E-state index in [0.717, 1.165) is 21.9 Å². The largest absolute Gasteiger partial charge is 0.395 e. The molecule has 0 spiro atoms. The van der Waals surface area contributed by atoms with Gasteiger partial charge in [0.25, 0.3) is 5.91 Å². The second-order valence-electron chi connectivity index (χ2n) is 4.93. The molecule has 1 amide bonds. The zero-order valence-corrected chi connectivity index (χ0v) is 13.4. The molecule has 0 aliphatic rings. The number of aryl methyl sites for hydroxylation is 1. The Labute approximate surface area is 125 Å². The molecule has 0 aromatic carbocycles. The van der Waals surface area contributed by atoms with Crippen LogP contribution in [-0.2, 0) is 0 Å². The number of hydrogen-bond donors (Lipinski definition) is 1. The number of hydrogen-bond acceptors (Lipinski definition) is 4. The molecule has 0 saturated heterocycles. The van der Waals surface area contributed by atoms with Gasteiger partial charge >= 0.3 is 0 Å². The minimum Gasteiger partial charge on any atom is -0.395 e. The van der Waals surface area contributed by atoms with Crippen molar-refractivity contribution in [3.8, 4) is 11.8 Å². The van der Waals surface area contributed by atoms with Gasteiger partial charge in [-0.25, -0.2) is 0 Å². The number of carbonyl (C=O) groups excluding carboxylic acids is 1. The lowest BCUT2D eigenvalue weighted by molar-refractivity contribution is 0.0791. The lowest BCUT2D eigenvalue weighted by Crippen LogP contribution is -2.33. The Balaban J connectivity index is 2.75. The summed E-state index contributed by atoms with van der Waals surface area (Å²) in [7, 11) is 5.79. The van der Waals surface area contributed by atoms with Crippen LogP contribution in [0.25, 0.3) is 0 Å². The molecule has 0 unspecified atom stereocenters. The highest BCUT2D eigenvalue weighted by Gasteiger charge is 2.15. The van der Waals surface area contributed by atoms with E-state index in [1.54, 1.807) is 4.90 Å². The van der Waals surface area contributed by atoms with Crippen molar-refractivity contribution in [2.24, 2.45) is 0 Å². The van der Waals surface area contributed by atoms with E-state index >= 15 is 0 Å². The fraction of sp³-hybridized carbons (Fsp3) is 0.533. The summed E-state index contributed by atoms with van der Waals surface area (Å²) in [5.41, 5.74) is 1.02. The van der Waals surface area contributed by atoms with Crippen LogP contribution in [-0.4, -0.2) is 61.7 Å². The average Bonchev–Trinajstić information content (AvgIpc) is 2.77. The molecular formula is C15H22N2O2S. The molecule has 4 nitrogen and oxygen atoms in total. The summed E-state index contributed by atoms with van der Waals surface area (Å²) in [6.45, 7) is 3.57. The fourth-order valence-corrected chi connectivity index (χ4v) is 2.59. The molecule has 0 aliphatic carbocycles. The summed E-state index contributed by atoms with van der Waals surface area (Å²) in [5, 5.41) is 8.72. The van der Waals surface area contributed by atoms with Gasteiger partial charge in [-0.2, -0.15) is 0 Å². The van der Waals surface area contributed by atoms with Crippen molar-refractivity contribution >= 4 is 17.2 Å². The topological polar surface area (TPSA) is 43.8 Å². The summed E-state index contributed by atoms with van der Waals surface area (Å²) < 4.78 is 0. The minimum atomic E-state index is 0.0372. The molecule has 0 atom stereocenters. The molecule has 110 valence electrons. The predicted octanol–water partition coefficient (Wildman–Crippen LogP) is 1.42. The number of thiophene rings is 1. The van der Waals surface area contributed by atoms with Crippen molar-refractivity contribution < 1.29 is 9.90 Å². The molecule has 1 aromatic rings. The van der Waals surface area contributed by atoms with Crippen molar-refractivity contribution in [1.29, 1.82) is 0 Å². The lowest BCUT2D eigenvalue weighted by atomic mass is 10.2. The molecule has 1 aromatic heterocycles. The highest BCUT2D eigenvalue weighted by Crippen LogP contribution is 2.22. The van der Waals surface area contributed by atoms with Gasteiger partial charge in [-0.3, -0.25) is 4.79 Å². The molecule has 0 fully saturated rings. The second-order valence-corrected chi connectivity index (χ2v) is 5.98. The van der Waals surface area contributed by atoms with E-state index in [2.05, 4.69) is 16.7 Å². The lowest BCUT2D eigenvalue weighted by Gasteiger charge is -2.18. The summed E-state index contributed by atoms with van der Waals surface area (Å²) in [5.74, 6) is 5.94. The van der Waals surface area contributed by atoms with E-state index in [1.165, 1.54) is 11.3 Å². The Morgan fingerprint density at radius 2 is 2.05 bits per heavy atom. The van der Waals surface area contributed by atoms with E-state index in [0.29, 0.717) is 13.0 Å². The molecule has 0 saturated carbocycles. The summed E-state index contributed by atoms with van der Waals surface area (Å²) >= 11 is 1.42. The maximum Gasteiger partial charge on any atom is 0.263 e. The van der Waals surface area contributed by atoms with Gasteiger partial charge < -0.3 is 14.9 Å². The molecule has 1 rings (SSSR count). The Morgan fingerprint density at radius 3 is 2.65 bits per heavy atom. The summed E-state index contributed by atoms with van der Waals surface area (Å²) in [6, 6.07) is 1.89. The van der Waals surface area contributed by atoms with Gasteiger partial charge in [-0.15, -0.1) is 11.3 Å². The van der Waals surface area contributed by atoms with E-state index in [1.807, 2.05) is 34.1 Å². The Morgan fingerprint density at radius 1 is 1.35 bits per heavy atom. The van der Waals surface area contributed by atoms with Gasteiger partial charge in [0.2, 0.25) is 0 Å². The normalized spacial score (nSPS) is 10.3. The summed E-state index contributed by atoms with van der Waals surface area (Å²) in [6.07, 6.45) is 0.462. The standard InChI is InChI=1S/C15H22N2O2S/c1-12-11-14(20-13(12)7-5-6-10-18)15(19)17(4)9-8-16(2)3/h11,18H,6,8-10H2,1-4H3. The number of amides is 1. The van der Waals surface area contributed by atoms with Crippen LogP contribution in [0.2, 0.25) is 0 Å². The van der Waals surface area contributed by atoms with Gasteiger partial charge in [0.1, 0.15) is 0 Å². The highest BCUT2D eigenvalue weighted by atomic mass is 32.1. The zero-order chi connectivity index (χ0) is 15.1. The molecule has 5 heteroatoms. The number of aliphatic hydroxyl groups is 1. The van der Waals surface area contributed by atoms with Gasteiger partial charge in [-0.05, 0) is 32.6 Å². The van der Waals surface area contributed by atoms with E-state index in [-0.39, 0.29) is 12.5 Å². The molecule has 0 aliphatic heterocycles. The van der Waals surface area contributed by atoms with Crippen LogP contribution in [0.15, 0.2) is 6.07 Å². The molecule has 1 heterocycles. The first-order valence-electron chi connectivity index (χ1n) is 6.56. The van der Waals surface area contributed by atoms with Gasteiger partial charge in [0.15, 0.2) is 0 Å². The Kier molecular flexibility index (Phi) is 6.73. The van der Waals surface area contributed by atoms with Crippen LogP contribution < -0.4 is 0 Å². The van der Waals surface area contributed by atoms with Crippen molar-refractivity contribution in [3.63, 3.8) is 0 Å². The molecular weight excluding hydrogens is 272 g/mol. The maximum atomic E-state index is 12.3. The zero-order valence-electron chi connectivity index (χ0n) is 12.6. The van der Waals surface area contributed by atoms with Crippen molar-refractivity contribution in [3.05, 3.63) is 21.4 Å².